The SMILES string of the molecule is C=C(C)C(NN)c1ccnnc1. The van der Waals surface area contributed by atoms with E-state index in [9.17, 15) is 0 Å². The Bertz CT molecular complexity index is 257. The fraction of sp³-hybridized carbons (Fsp3) is 0.250. The molecule has 0 aromatic carbocycles. The fourth-order valence-corrected chi connectivity index (χ4v) is 0.995. The van der Waals surface area contributed by atoms with Crippen LogP contribution >= 0.6 is 0 Å². The summed E-state index contributed by atoms with van der Waals surface area (Å²) in [5.74, 6) is 5.35. The lowest BCUT2D eigenvalue weighted by Gasteiger charge is -2.14. The van der Waals surface area contributed by atoms with Gasteiger partial charge in [-0.15, -0.1) is 0 Å². The summed E-state index contributed by atoms with van der Waals surface area (Å²) in [6.07, 6.45) is 3.29. The van der Waals surface area contributed by atoms with Gasteiger partial charge in [0.05, 0.1) is 12.2 Å². The Morgan fingerprint density at radius 2 is 2.42 bits per heavy atom. The number of nitrogens with two attached hydrogens (primary N) is 1. The number of nitrogens with zero attached hydrogens (tertiary/aromatic N) is 2. The highest BCUT2D eigenvalue weighted by Crippen LogP contribution is 2.16. The van der Waals surface area contributed by atoms with Crippen molar-refractivity contribution in [3.05, 3.63) is 36.2 Å². The predicted molar refractivity (Wildman–Crippen MR) is 46.9 cm³/mol. The van der Waals surface area contributed by atoms with E-state index in [0.717, 1.165) is 11.1 Å². The van der Waals surface area contributed by atoms with E-state index in [-0.39, 0.29) is 6.04 Å². The van der Waals surface area contributed by atoms with Crippen LogP contribution in [0.3, 0.4) is 0 Å². The molecule has 4 nitrogen and oxygen atoms in total. The normalized spacial score (nSPS) is 12.5. The highest BCUT2D eigenvalue weighted by atomic mass is 15.2. The van der Waals surface area contributed by atoms with Gasteiger partial charge < -0.3 is 0 Å². The van der Waals surface area contributed by atoms with Gasteiger partial charge in [-0.1, -0.05) is 12.2 Å². The highest BCUT2D eigenvalue weighted by molar-refractivity contribution is 5.20. The van der Waals surface area contributed by atoms with Crippen LogP contribution in [0.2, 0.25) is 0 Å². The molecule has 0 aliphatic heterocycles. The second-order valence-electron chi connectivity index (χ2n) is 2.62. The number of hydrogen-bond acceptors (Lipinski definition) is 4. The molecule has 0 amide bonds. The summed E-state index contributed by atoms with van der Waals surface area (Å²) >= 11 is 0. The maximum atomic E-state index is 5.35. The number of hydrazine groups is 1. The summed E-state index contributed by atoms with van der Waals surface area (Å²) in [5.41, 5.74) is 4.57. The molecule has 0 saturated carbocycles. The topological polar surface area (TPSA) is 63.8 Å². The van der Waals surface area contributed by atoms with Gasteiger partial charge in [0.1, 0.15) is 0 Å². The third-order valence-electron chi connectivity index (χ3n) is 1.60. The molecular weight excluding hydrogens is 152 g/mol. The highest BCUT2D eigenvalue weighted by Gasteiger charge is 2.08. The maximum absolute atomic E-state index is 5.35. The van der Waals surface area contributed by atoms with Crippen LogP contribution in [0.4, 0.5) is 0 Å². The predicted octanol–water partition coefficient (Wildman–Crippen LogP) is 0.557. The Labute approximate surface area is 71.5 Å². The standard InChI is InChI=1S/C8H12N4/c1-6(2)8(12-9)7-3-4-10-11-5-7/h3-5,8,12H,1,9H2,2H3. The fourth-order valence-electron chi connectivity index (χ4n) is 0.995. The Morgan fingerprint density at radius 3 is 2.83 bits per heavy atom. The van der Waals surface area contributed by atoms with Crippen molar-refractivity contribution in [2.75, 3.05) is 0 Å². The molecule has 0 aliphatic carbocycles. The summed E-state index contributed by atoms with van der Waals surface area (Å²) in [5, 5.41) is 7.42. The summed E-state index contributed by atoms with van der Waals surface area (Å²) in [6.45, 7) is 5.72. The molecule has 1 rings (SSSR count). The first-order chi connectivity index (χ1) is 5.75. The lowest BCUT2D eigenvalue weighted by molar-refractivity contribution is 0.623. The van der Waals surface area contributed by atoms with E-state index in [1.807, 2.05) is 13.0 Å². The quantitative estimate of drug-likeness (QED) is 0.389. The first-order valence-corrected chi connectivity index (χ1v) is 3.64. The van der Waals surface area contributed by atoms with Crippen LogP contribution < -0.4 is 11.3 Å². The van der Waals surface area contributed by atoms with Gasteiger partial charge in [0.25, 0.3) is 0 Å². The Hall–Kier alpha value is -1.26. The van der Waals surface area contributed by atoms with Crippen molar-refractivity contribution in [2.24, 2.45) is 5.84 Å². The average Bonchev–Trinajstić information content (AvgIpc) is 2.07. The molecular formula is C8H12N4. The summed E-state index contributed by atoms with van der Waals surface area (Å²) < 4.78 is 0. The molecule has 0 fully saturated rings. The molecule has 12 heavy (non-hydrogen) atoms. The Morgan fingerprint density at radius 1 is 1.67 bits per heavy atom. The van der Waals surface area contributed by atoms with Gasteiger partial charge in [-0.05, 0) is 18.6 Å². The zero-order valence-electron chi connectivity index (χ0n) is 6.99. The lowest BCUT2D eigenvalue weighted by atomic mass is 10.0. The van der Waals surface area contributed by atoms with Gasteiger partial charge in [-0.2, -0.15) is 10.2 Å². The van der Waals surface area contributed by atoms with Crippen molar-refractivity contribution in [2.45, 2.75) is 13.0 Å². The molecule has 0 bridgehead atoms. The minimum Gasteiger partial charge on any atom is -0.271 e. The molecule has 0 aliphatic rings. The number of rotatable bonds is 3. The van der Waals surface area contributed by atoms with E-state index < -0.39 is 0 Å². The Balaban J connectivity index is 2.88. The van der Waals surface area contributed by atoms with E-state index in [4.69, 9.17) is 5.84 Å². The first kappa shape index (κ1) is 8.83. The average molecular weight is 164 g/mol. The van der Waals surface area contributed by atoms with Crippen molar-refractivity contribution in [1.29, 1.82) is 0 Å². The molecule has 1 atom stereocenters. The van der Waals surface area contributed by atoms with Crippen LogP contribution in [0.25, 0.3) is 0 Å². The van der Waals surface area contributed by atoms with Crippen molar-refractivity contribution < 1.29 is 0 Å². The van der Waals surface area contributed by atoms with E-state index in [1.165, 1.54) is 0 Å². The summed E-state index contributed by atoms with van der Waals surface area (Å²) in [7, 11) is 0. The van der Waals surface area contributed by atoms with Gasteiger partial charge in [0.2, 0.25) is 0 Å². The molecule has 0 radical (unpaired) electrons. The number of nitrogens with one attached hydrogen (secondary N) is 1. The van der Waals surface area contributed by atoms with Gasteiger partial charge in [-0.25, -0.2) is 5.43 Å². The summed E-state index contributed by atoms with van der Waals surface area (Å²) in [4.78, 5) is 0. The largest absolute Gasteiger partial charge is 0.271 e. The summed E-state index contributed by atoms with van der Waals surface area (Å²) in [6, 6.07) is 1.81. The number of hydrogen-bond donors (Lipinski definition) is 2. The zero-order chi connectivity index (χ0) is 8.97. The van der Waals surface area contributed by atoms with Crippen LogP contribution in [-0.2, 0) is 0 Å². The molecule has 1 aromatic rings. The molecule has 0 saturated heterocycles. The molecule has 3 N–H and O–H groups in total. The smallest absolute Gasteiger partial charge is 0.0680 e. The van der Waals surface area contributed by atoms with Crippen LogP contribution in [0, 0.1) is 0 Å². The first-order valence-electron chi connectivity index (χ1n) is 3.64. The third-order valence-corrected chi connectivity index (χ3v) is 1.60. The minimum atomic E-state index is -0.0412. The minimum absolute atomic E-state index is 0.0412. The second kappa shape index (κ2) is 3.94. The van der Waals surface area contributed by atoms with Crippen LogP contribution in [-0.4, -0.2) is 10.2 Å². The molecule has 64 valence electrons. The molecule has 1 unspecified atom stereocenters. The third kappa shape index (κ3) is 1.87. The second-order valence-corrected chi connectivity index (χ2v) is 2.62. The molecule has 4 heteroatoms. The van der Waals surface area contributed by atoms with Gasteiger partial charge >= 0.3 is 0 Å². The number of aromatic nitrogens is 2. The van der Waals surface area contributed by atoms with E-state index in [1.54, 1.807) is 12.4 Å². The lowest BCUT2D eigenvalue weighted by Crippen LogP contribution is -2.28. The van der Waals surface area contributed by atoms with Gasteiger partial charge in [-0.3, -0.25) is 5.84 Å². The van der Waals surface area contributed by atoms with Crippen molar-refractivity contribution >= 4 is 0 Å². The monoisotopic (exact) mass is 164 g/mol. The van der Waals surface area contributed by atoms with E-state index in [0.29, 0.717) is 0 Å². The van der Waals surface area contributed by atoms with Crippen molar-refractivity contribution in [1.82, 2.24) is 15.6 Å². The van der Waals surface area contributed by atoms with Crippen molar-refractivity contribution in [3.8, 4) is 0 Å². The van der Waals surface area contributed by atoms with Gasteiger partial charge in [0.15, 0.2) is 0 Å². The molecule has 1 heterocycles. The van der Waals surface area contributed by atoms with Crippen LogP contribution in [0.15, 0.2) is 30.6 Å². The molecule has 1 aromatic heterocycles. The van der Waals surface area contributed by atoms with Gasteiger partial charge in [0, 0.05) is 6.20 Å². The van der Waals surface area contributed by atoms with E-state index >= 15 is 0 Å². The van der Waals surface area contributed by atoms with E-state index in [2.05, 4.69) is 22.2 Å². The zero-order valence-corrected chi connectivity index (χ0v) is 6.99. The van der Waals surface area contributed by atoms with Crippen LogP contribution in [0.5, 0.6) is 0 Å². The van der Waals surface area contributed by atoms with Crippen LogP contribution in [0.1, 0.15) is 18.5 Å². The maximum Gasteiger partial charge on any atom is 0.0680 e. The Kier molecular flexibility index (Phi) is 2.90. The molecule has 0 spiro atoms. The van der Waals surface area contributed by atoms with Crippen molar-refractivity contribution in [3.63, 3.8) is 0 Å².